The van der Waals surface area contributed by atoms with Crippen LogP contribution in [-0.4, -0.2) is 34.4 Å². The summed E-state index contributed by atoms with van der Waals surface area (Å²) in [6.07, 6.45) is 0.870. The van der Waals surface area contributed by atoms with Crippen LogP contribution in [0.5, 0.6) is 5.75 Å². The highest BCUT2D eigenvalue weighted by atomic mass is 32.1. The fraction of sp³-hybridized carbons (Fsp3) is 0.133. The second kappa shape index (κ2) is 6.49. The van der Waals surface area contributed by atoms with E-state index < -0.39 is 6.09 Å². The predicted octanol–water partition coefficient (Wildman–Crippen LogP) is 3.20. The maximum absolute atomic E-state index is 11.5. The van der Waals surface area contributed by atoms with E-state index in [9.17, 15) is 4.79 Å². The number of nitrogens with zero attached hydrogens (tertiary/aromatic N) is 3. The van der Waals surface area contributed by atoms with Crippen LogP contribution in [0.25, 0.3) is 16.2 Å². The number of fused-ring (bicyclic) bond motifs is 1. The van der Waals surface area contributed by atoms with Crippen molar-refractivity contribution in [2.45, 2.75) is 0 Å². The van der Waals surface area contributed by atoms with E-state index in [4.69, 9.17) is 9.47 Å². The van der Waals surface area contributed by atoms with Gasteiger partial charge in [-0.3, -0.25) is 5.32 Å². The summed E-state index contributed by atoms with van der Waals surface area (Å²) in [5, 5.41) is 8.73. The molecule has 7 nitrogen and oxygen atoms in total. The van der Waals surface area contributed by atoms with Crippen LogP contribution in [0.2, 0.25) is 0 Å². The van der Waals surface area contributed by atoms with Gasteiger partial charge >= 0.3 is 6.09 Å². The van der Waals surface area contributed by atoms with Gasteiger partial charge in [0.2, 0.25) is 4.96 Å². The molecule has 23 heavy (non-hydrogen) atoms. The summed E-state index contributed by atoms with van der Waals surface area (Å²) in [4.78, 5) is 16.4. The molecule has 1 aromatic carbocycles. The molecule has 0 spiro atoms. The van der Waals surface area contributed by atoms with Crippen molar-refractivity contribution in [2.75, 3.05) is 19.0 Å². The molecule has 8 heteroatoms. The van der Waals surface area contributed by atoms with Crippen molar-refractivity contribution in [3.05, 3.63) is 42.3 Å². The number of hydrogen-bond acceptors (Lipinski definition) is 6. The normalized spacial score (nSPS) is 10.5. The van der Waals surface area contributed by atoms with Crippen LogP contribution in [0.4, 0.5) is 10.7 Å². The Morgan fingerprint density at radius 1 is 1.43 bits per heavy atom. The van der Waals surface area contributed by atoms with Gasteiger partial charge in [-0.05, 0) is 24.3 Å². The molecule has 0 aliphatic rings. The Balaban J connectivity index is 1.85. The Kier molecular flexibility index (Phi) is 4.24. The van der Waals surface area contributed by atoms with Crippen LogP contribution >= 0.6 is 11.3 Å². The van der Waals surface area contributed by atoms with Crippen LogP contribution in [-0.2, 0) is 4.74 Å². The Hall–Kier alpha value is -2.87. The van der Waals surface area contributed by atoms with Crippen molar-refractivity contribution in [2.24, 2.45) is 0 Å². The summed E-state index contributed by atoms with van der Waals surface area (Å²) in [5.41, 5.74) is 1.86. The summed E-state index contributed by atoms with van der Waals surface area (Å²) in [6.45, 7) is 3.61. The summed E-state index contributed by atoms with van der Waals surface area (Å²) in [6, 6.07) is 7.63. The number of benzene rings is 1. The van der Waals surface area contributed by atoms with E-state index in [2.05, 4.69) is 22.0 Å². The lowest BCUT2D eigenvalue weighted by atomic mass is 10.2. The van der Waals surface area contributed by atoms with Crippen molar-refractivity contribution in [1.82, 2.24) is 14.6 Å². The zero-order chi connectivity index (χ0) is 16.2. The van der Waals surface area contributed by atoms with Crippen LogP contribution in [0.15, 0.2) is 42.3 Å². The number of thiazole rings is 1. The molecule has 2 aromatic heterocycles. The first-order valence-electron chi connectivity index (χ1n) is 6.74. The molecule has 0 atom stereocenters. The summed E-state index contributed by atoms with van der Waals surface area (Å²) < 4.78 is 11.7. The molecule has 118 valence electrons. The first-order chi connectivity index (χ1) is 11.2. The van der Waals surface area contributed by atoms with Crippen LogP contribution in [0, 0.1) is 0 Å². The fourth-order valence-electron chi connectivity index (χ4n) is 1.96. The number of rotatable bonds is 5. The van der Waals surface area contributed by atoms with E-state index in [0.717, 1.165) is 17.0 Å². The van der Waals surface area contributed by atoms with Gasteiger partial charge < -0.3 is 9.47 Å². The SMILES string of the molecule is C=CCOC(=O)Nc1nc2scc(-c3ccc(OC)cc3)n2n1. The minimum Gasteiger partial charge on any atom is -0.497 e. The zero-order valence-electron chi connectivity index (χ0n) is 12.4. The third-order valence-corrected chi connectivity index (χ3v) is 3.83. The number of aromatic nitrogens is 3. The average Bonchev–Trinajstić information content (AvgIpc) is 3.13. The molecule has 3 rings (SSSR count). The highest BCUT2D eigenvalue weighted by Crippen LogP contribution is 2.27. The third-order valence-electron chi connectivity index (χ3n) is 3.01. The molecule has 3 aromatic rings. The first kappa shape index (κ1) is 15.0. The highest BCUT2D eigenvalue weighted by molar-refractivity contribution is 7.15. The van der Waals surface area contributed by atoms with Crippen molar-refractivity contribution < 1.29 is 14.3 Å². The Morgan fingerprint density at radius 2 is 2.22 bits per heavy atom. The number of hydrogen-bond donors (Lipinski definition) is 1. The second-order valence-corrected chi connectivity index (χ2v) is 5.33. The molecular weight excluding hydrogens is 316 g/mol. The number of amides is 1. The van der Waals surface area contributed by atoms with Crippen LogP contribution < -0.4 is 10.1 Å². The number of nitrogens with one attached hydrogen (secondary N) is 1. The van der Waals surface area contributed by atoms with Gasteiger partial charge in [0.25, 0.3) is 5.95 Å². The molecule has 0 fully saturated rings. The second-order valence-electron chi connectivity index (χ2n) is 4.49. The van der Waals surface area contributed by atoms with Gasteiger partial charge in [0.15, 0.2) is 0 Å². The smallest absolute Gasteiger partial charge is 0.414 e. The number of carbonyl (C=O) groups excluding carboxylic acids is 1. The van der Waals surface area contributed by atoms with Gasteiger partial charge in [-0.15, -0.1) is 16.4 Å². The molecule has 0 bridgehead atoms. The molecule has 0 radical (unpaired) electrons. The molecule has 2 heterocycles. The molecule has 1 N–H and O–H groups in total. The largest absolute Gasteiger partial charge is 0.497 e. The molecule has 0 saturated carbocycles. The quantitative estimate of drug-likeness (QED) is 0.727. The summed E-state index contributed by atoms with van der Waals surface area (Å²) in [5.74, 6) is 0.979. The maximum Gasteiger partial charge on any atom is 0.414 e. The Bertz CT molecular complexity index is 838. The Morgan fingerprint density at radius 3 is 2.91 bits per heavy atom. The van der Waals surface area contributed by atoms with Gasteiger partial charge in [0.05, 0.1) is 12.8 Å². The van der Waals surface area contributed by atoms with Crippen molar-refractivity contribution in [3.8, 4) is 17.0 Å². The molecule has 0 aliphatic carbocycles. The Labute approximate surface area is 136 Å². The van der Waals surface area contributed by atoms with E-state index in [1.54, 1.807) is 11.6 Å². The van der Waals surface area contributed by atoms with E-state index >= 15 is 0 Å². The van der Waals surface area contributed by atoms with Crippen LogP contribution in [0.1, 0.15) is 0 Å². The molecular formula is C15H14N4O3S. The first-order valence-corrected chi connectivity index (χ1v) is 7.62. The summed E-state index contributed by atoms with van der Waals surface area (Å²) in [7, 11) is 1.62. The monoisotopic (exact) mass is 330 g/mol. The maximum atomic E-state index is 11.5. The van der Waals surface area contributed by atoms with E-state index in [0.29, 0.717) is 4.96 Å². The van der Waals surface area contributed by atoms with Gasteiger partial charge in [-0.25, -0.2) is 9.31 Å². The number of carbonyl (C=O) groups is 1. The topological polar surface area (TPSA) is 77.8 Å². The van der Waals surface area contributed by atoms with Gasteiger partial charge in [0.1, 0.15) is 12.4 Å². The van der Waals surface area contributed by atoms with E-state index in [1.165, 1.54) is 17.4 Å². The lowest BCUT2D eigenvalue weighted by molar-refractivity contribution is 0.174. The molecule has 0 aliphatic heterocycles. The minimum absolute atomic E-state index is 0.130. The molecule has 0 unspecified atom stereocenters. The van der Waals surface area contributed by atoms with Crippen molar-refractivity contribution in [1.29, 1.82) is 0 Å². The van der Waals surface area contributed by atoms with Crippen molar-refractivity contribution >= 4 is 28.3 Å². The fourth-order valence-corrected chi connectivity index (χ4v) is 2.79. The lowest BCUT2D eigenvalue weighted by Gasteiger charge is -2.02. The van der Waals surface area contributed by atoms with E-state index in [-0.39, 0.29) is 12.6 Å². The van der Waals surface area contributed by atoms with Gasteiger partial charge in [-0.1, -0.05) is 12.7 Å². The summed E-state index contributed by atoms with van der Waals surface area (Å²) >= 11 is 1.43. The average molecular weight is 330 g/mol. The zero-order valence-corrected chi connectivity index (χ0v) is 13.2. The standard InChI is InChI=1S/C15H14N4O3S/c1-3-8-22-15(20)17-13-16-14-19(18-13)12(9-23-14)10-4-6-11(21-2)7-5-10/h3-7,9H,1,8H2,2H3,(H,17,18,20). The molecule has 1 amide bonds. The van der Waals surface area contributed by atoms with E-state index in [1.807, 2.05) is 29.6 Å². The number of methoxy groups -OCH3 is 1. The van der Waals surface area contributed by atoms with Crippen molar-refractivity contribution in [3.63, 3.8) is 0 Å². The predicted molar refractivity (Wildman–Crippen MR) is 88.0 cm³/mol. The lowest BCUT2D eigenvalue weighted by Crippen LogP contribution is -2.14. The highest BCUT2D eigenvalue weighted by Gasteiger charge is 2.13. The minimum atomic E-state index is -0.617. The van der Waals surface area contributed by atoms with Crippen LogP contribution in [0.3, 0.4) is 0 Å². The number of anilines is 1. The van der Waals surface area contributed by atoms with Gasteiger partial charge in [0, 0.05) is 10.9 Å². The van der Waals surface area contributed by atoms with Gasteiger partial charge in [-0.2, -0.15) is 4.98 Å². The number of ether oxygens (including phenoxy) is 2. The third kappa shape index (κ3) is 3.16. The molecule has 0 saturated heterocycles.